The molecule has 0 bridgehead atoms. The van der Waals surface area contributed by atoms with Crippen LogP contribution in [-0.4, -0.2) is 36.5 Å². The molecule has 3 N–H and O–H groups in total. The number of aliphatic imine (C=N–C) groups is 1. The van der Waals surface area contributed by atoms with Gasteiger partial charge in [0.1, 0.15) is 5.84 Å². The summed E-state index contributed by atoms with van der Waals surface area (Å²) < 4.78 is 0. The monoisotopic (exact) mass is 252 g/mol. The Balaban J connectivity index is 1.97. The highest BCUT2D eigenvalue weighted by atomic mass is 35.5. The largest absolute Gasteiger partial charge is 0.377 e. The van der Waals surface area contributed by atoms with Gasteiger partial charge in [-0.15, -0.1) is 0 Å². The van der Waals surface area contributed by atoms with E-state index in [4.69, 9.17) is 17.3 Å². The first-order valence-corrected chi connectivity index (χ1v) is 6.10. The smallest absolute Gasteiger partial charge is 0.120 e. The molecule has 2 rings (SSSR count). The molecule has 0 aromatic heterocycles. The van der Waals surface area contributed by atoms with Crippen molar-refractivity contribution in [2.75, 3.05) is 25.0 Å². The van der Waals surface area contributed by atoms with Crippen LogP contribution in [0.15, 0.2) is 29.3 Å². The Morgan fingerprint density at radius 2 is 2.29 bits per heavy atom. The maximum atomic E-state index is 6.07. The SMILES string of the molecule is CC(N)N1CCN=C1CNc1ccccc1Cl. The van der Waals surface area contributed by atoms with Crippen LogP contribution in [0.3, 0.4) is 0 Å². The van der Waals surface area contributed by atoms with Gasteiger partial charge in [0.05, 0.1) is 30.0 Å². The van der Waals surface area contributed by atoms with Crippen LogP contribution >= 0.6 is 11.6 Å². The number of hydrogen-bond donors (Lipinski definition) is 2. The summed E-state index contributed by atoms with van der Waals surface area (Å²) >= 11 is 6.07. The molecule has 1 aromatic rings. The molecule has 1 aromatic carbocycles. The Bertz CT molecular complexity index is 417. The number of amidine groups is 1. The first-order valence-electron chi connectivity index (χ1n) is 5.72. The molecule has 92 valence electrons. The zero-order valence-corrected chi connectivity index (χ0v) is 10.6. The van der Waals surface area contributed by atoms with E-state index in [1.54, 1.807) is 0 Å². The van der Waals surface area contributed by atoms with Gasteiger partial charge >= 0.3 is 0 Å². The third-order valence-electron chi connectivity index (χ3n) is 2.77. The van der Waals surface area contributed by atoms with Crippen molar-refractivity contribution in [1.82, 2.24) is 4.90 Å². The maximum absolute atomic E-state index is 6.07. The molecular formula is C12H17ClN4. The second-order valence-electron chi connectivity index (χ2n) is 4.07. The Morgan fingerprint density at radius 3 is 3.00 bits per heavy atom. The van der Waals surface area contributed by atoms with Crippen molar-refractivity contribution >= 4 is 23.1 Å². The van der Waals surface area contributed by atoms with Gasteiger partial charge in [-0.25, -0.2) is 0 Å². The van der Waals surface area contributed by atoms with Crippen molar-refractivity contribution < 1.29 is 0 Å². The average Bonchev–Trinajstić information content (AvgIpc) is 2.76. The minimum atomic E-state index is 0.00398. The summed E-state index contributed by atoms with van der Waals surface area (Å²) in [5.74, 6) is 1.000. The third kappa shape index (κ3) is 2.90. The second kappa shape index (κ2) is 5.38. The van der Waals surface area contributed by atoms with E-state index in [9.17, 15) is 0 Å². The van der Waals surface area contributed by atoms with Gasteiger partial charge in [-0.1, -0.05) is 23.7 Å². The molecule has 4 nitrogen and oxygen atoms in total. The molecule has 1 atom stereocenters. The molecule has 1 unspecified atom stereocenters. The number of halogens is 1. The highest BCUT2D eigenvalue weighted by Crippen LogP contribution is 2.20. The predicted octanol–water partition coefficient (Wildman–Crippen LogP) is 1.77. The highest BCUT2D eigenvalue weighted by Gasteiger charge is 2.19. The van der Waals surface area contributed by atoms with E-state index in [-0.39, 0.29) is 6.17 Å². The van der Waals surface area contributed by atoms with Crippen LogP contribution in [0.1, 0.15) is 6.92 Å². The summed E-state index contributed by atoms with van der Waals surface area (Å²) in [5, 5.41) is 4.00. The maximum Gasteiger partial charge on any atom is 0.120 e. The summed E-state index contributed by atoms with van der Waals surface area (Å²) in [7, 11) is 0. The number of nitrogens with one attached hydrogen (secondary N) is 1. The van der Waals surface area contributed by atoms with Gasteiger partial charge in [-0.05, 0) is 19.1 Å². The number of para-hydroxylation sites is 1. The predicted molar refractivity (Wildman–Crippen MR) is 72.6 cm³/mol. The van der Waals surface area contributed by atoms with E-state index < -0.39 is 0 Å². The first-order chi connectivity index (χ1) is 8.18. The molecule has 1 aliphatic rings. The number of hydrogen-bond acceptors (Lipinski definition) is 4. The van der Waals surface area contributed by atoms with E-state index >= 15 is 0 Å². The van der Waals surface area contributed by atoms with Crippen molar-refractivity contribution in [1.29, 1.82) is 0 Å². The van der Waals surface area contributed by atoms with Crippen LogP contribution in [0.5, 0.6) is 0 Å². The summed E-state index contributed by atoms with van der Waals surface area (Å²) in [6, 6.07) is 7.68. The fourth-order valence-corrected chi connectivity index (χ4v) is 2.08. The molecular weight excluding hydrogens is 236 g/mol. The molecule has 0 amide bonds. The second-order valence-corrected chi connectivity index (χ2v) is 4.47. The van der Waals surface area contributed by atoms with Crippen molar-refractivity contribution in [2.45, 2.75) is 13.1 Å². The van der Waals surface area contributed by atoms with Crippen molar-refractivity contribution in [3.8, 4) is 0 Å². The van der Waals surface area contributed by atoms with Gasteiger partial charge < -0.3 is 16.0 Å². The molecule has 0 saturated carbocycles. The number of benzene rings is 1. The van der Waals surface area contributed by atoms with Crippen LogP contribution in [-0.2, 0) is 0 Å². The highest BCUT2D eigenvalue weighted by molar-refractivity contribution is 6.33. The summed E-state index contributed by atoms with van der Waals surface area (Å²) in [5.41, 5.74) is 6.80. The summed E-state index contributed by atoms with van der Waals surface area (Å²) in [6.07, 6.45) is 0.00398. The van der Waals surface area contributed by atoms with Crippen LogP contribution in [0, 0.1) is 0 Å². The molecule has 0 radical (unpaired) electrons. The molecule has 5 heteroatoms. The fourth-order valence-electron chi connectivity index (χ4n) is 1.88. The van der Waals surface area contributed by atoms with E-state index in [0.29, 0.717) is 6.54 Å². The summed E-state index contributed by atoms with van der Waals surface area (Å²) in [6.45, 7) is 4.35. The molecule has 0 fully saturated rings. The average molecular weight is 253 g/mol. The summed E-state index contributed by atoms with van der Waals surface area (Å²) in [4.78, 5) is 6.54. The Morgan fingerprint density at radius 1 is 1.53 bits per heavy atom. The lowest BCUT2D eigenvalue weighted by molar-refractivity contribution is 0.363. The van der Waals surface area contributed by atoms with E-state index in [1.807, 2.05) is 31.2 Å². The molecule has 0 spiro atoms. The Hall–Kier alpha value is -1.26. The van der Waals surface area contributed by atoms with Crippen LogP contribution in [0.4, 0.5) is 5.69 Å². The number of rotatable bonds is 4. The standard InChI is InChI=1S/C12H17ClN4/c1-9(14)17-7-6-15-12(17)8-16-11-5-3-2-4-10(11)13/h2-5,9,16H,6-8,14H2,1H3. The third-order valence-corrected chi connectivity index (χ3v) is 3.10. The zero-order chi connectivity index (χ0) is 12.3. The van der Waals surface area contributed by atoms with Crippen LogP contribution in [0.2, 0.25) is 5.02 Å². The van der Waals surface area contributed by atoms with E-state index in [1.165, 1.54) is 0 Å². The Kier molecular flexibility index (Phi) is 3.86. The van der Waals surface area contributed by atoms with Gasteiger partial charge in [0.25, 0.3) is 0 Å². The number of anilines is 1. The molecule has 0 saturated heterocycles. The van der Waals surface area contributed by atoms with E-state index in [2.05, 4.69) is 15.2 Å². The molecule has 1 heterocycles. The first kappa shape index (κ1) is 12.2. The lowest BCUT2D eigenvalue weighted by atomic mass is 10.3. The zero-order valence-electron chi connectivity index (χ0n) is 9.86. The van der Waals surface area contributed by atoms with Crippen LogP contribution < -0.4 is 11.1 Å². The lowest BCUT2D eigenvalue weighted by Crippen LogP contribution is -2.44. The minimum Gasteiger partial charge on any atom is -0.377 e. The molecule has 1 aliphatic heterocycles. The van der Waals surface area contributed by atoms with Crippen molar-refractivity contribution in [2.24, 2.45) is 10.7 Å². The number of nitrogens with zero attached hydrogens (tertiary/aromatic N) is 2. The minimum absolute atomic E-state index is 0.00398. The van der Waals surface area contributed by atoms with Gasteiger partial charge in [-0.3, -0.25) is 4.99 Å². The van der Waals surface area contributed by atoms with Crippen molar-refractivity contribution in [3.63, 3.8) is 0 Å². The molecule has 17 heavy (non-hydrogen) atoms. The lowest BCUT2D eigenvalue weighted by Gasteiger charge is -2.24. The molecule has 0 aliphatic carbocycles. The van der Waals surface area contributed by atoms with E-state index in [0.717, 1.165) is 29.6 Å². The quantitative estimate of drug-likeness (QED) is 0.859. The topological polar surface area (TPSA) is 53.6 Å². The van der Waals surface area contributed by atoms with Gasteiger partial charge in [0.15, 0.2) is 0 Å². The Labute approximate surface area is 106 Å². The number of nitrogens with two attached hydrogens (primary N) is 1. The normalized spacial score (nSPS) is 16.9. The van der Waals surface area contributed by atoms with Gasteiger partial charge in [0.2, 0.25) is 0 Å². The van der Waals surface area contributed by atoms with Crippen LogP contribution in [0.25, 0.3) is 0 Å². The van der Waals surface area contributed by atoms with Gasteiger partial charge in [0, 0.05) is 6.54 Å². The fraction of sp³-hybridized carbons (Fsp3) is 0.417. The van der Waals surface area contributed by atoms with Gasteiger partial charge in [-0.2, -0.15) is 0 Å². The van der Waals surface area contributed by atoms with Crippen molar-refractivity contribution in [3.05, 3.63) is 29.3 Å².